The van der Waals surface area contributed by atoms with Gasteiger partial charge in [0.25, 0.3) is 0 Å². The molecule has 6 heteroatoms. The monoisotopic (exact) mass is 1210 g/mol. The fourth-order valence-corrected chi connectivity index (χ4v) is 11.3. The number of hydrogen-bond donors (Lipinski definition) is 0. The summed E-state index contributed by atoms with van der Waals surface area (Å²) >= 11 is 0. The topological polar surface area (TPSA) is 33.5 Å². The summed E-state index contributed by atoms with van der Waals surface area (Å²) < 4.78 is 9.63. The van der Waals surface area contributed by atoms with Gasteiger partial charge in [0.15, 0.2) is 0 Å². The van der Waals surface area contributed by atoms with Crippen LogP contribution in [0, 0.1) is 29.6 Å². The van der Waals surface area contributed by atoms with E-state index < -0.39 is 5.41 Å². The molecular formula is C72H77N4OPt-3. The van der Waals surface area contributed by atoms with Gasteiger partial charge >= 0.3 is 0 Å². The smallest absolute Gasteiger partial charge is 0.135 e. The largest absolute Gasteiger partial charge is 0.509 e. The van der Waals surface area contributed by atoms with E-state index in [-0.39, 0.29) is 48.1 Å². The van der Waals surface area contributed by atoms with Crippen LogP contribution in [0.15, 0.2) is 181 Å². The summed E-state index contributed by atoms with van der Waals surface area (Å²) in [4.78, 5) is 9.96. The van der Waals surface area contributed by atoms with Crippen molar-refractivity contribution in [2.45, 2.75) is 132 Å². The van der Waals surface area contributed by atoms with E-state index in [2.05, 4.69) is 308 Å². The van der Waals surface area contributed by atoms with Crippen molar-refractivity contribution in [3.05, 3.63) is 234 Å². The Balaban J connectivity index is 0.00000740. The van der Waals surface area contributed by atoms with Gasteiger partial charge in [0.1, 0.15) is 5.82 Å². The van der Waals surface area contributed by atoms with Crippen LogP contribution in [0.4, 0.5) is 11.4 Å². The maximum Gasteiger partial charge on any atom is 0.135 e. The first kappa shape index (κ1) is 56.1. The Hall–Kier alpha value is -6.68. The molecule has 0 aliphatic carbocycles. The number of fused-ring (bicyclic) bond motifs is 3. The van der Waals surface area contributed by atoms with Gasteiger partial charge in [-0.05, 0) is 85.3 Å². The molecule has 5 nitrogen and oxygen atoms in total. The molecular weight excluding hydrogens is 1130 g/mol. The second-order valence-electron chi connectivity index (χ2n) is 26.4. The minimum Gasteiger partial charge on any atom is -0.509 e. The number of benzene rings is 7. The van der Waals surface area contributed by atoms with Crippen LogP contribution in [-0.2, 0) is 42.7 Å². The number of anilines is 2. The quantitative estimate of drug-likeness (QED) is 0.128. The summed E-state index contributed by atoms with van der Waals surface area (Å²) in [5.41, 5.74) is 14.5. The minimum atomic E-state index is -0.409. The van der Waals surface area contributed by atoms with Crippen LogP contribution < -0.4 is 14.5 Å². The molecule has 1 aliphatic heterocycles. The number of allylic oxidation sites excluding steroid dienone is 2. The zero-order valence-corrected chi connectivity index (χ0v) is 51.0. The second-order valence-corrected chi connectivity index (χ2v) is 26.4. The number of pyridine rings is 1. The third-order valence-electron chi connectivity index (χ3n) is 15.7. The van der Waals surface area contributed by atoms with Crippen LogP contribution in [0.2, 0.25) is 0 Å². The fourth-order valence-electron chi connectivity index (χ4n) is 11.3. The zero-order valence-electron chi connectivity index (χ0n) is 48.8. The molecule has 2 aromatic heterocycles. The van der Waals surface area contributed by atoms with E-state index in [1.807, 2.05) is 6.20 Å². The van der Waals surface area contributed by atoms with Crippen LogP contribution in [0.1, 0.15) is 144 Å². The average molecular weight is 1210 g/mol. The summed E-state index contributed by atoms with van der Waals surface area (Å²) in [5, 5.41) is 2.30. The van der Waals surface area contributed by atoms with Crippen molar-refractivity contribution < 1.29 is 25.8 Å². The summed E-state index contributed by atoms with van der Waals surface area (Å²) in [7, 11) is 0. The van der Waals surface area contributed by atoms with Crippen molar-refractivity contribution in [1.29, 1.82) is 0 Å². The van der Waals surface area contributed by atoms with Crippen molar-refractivity contribution in [2.24, 2.45) is 10.8 Å². The maximum absolute atomic E-state index is 7.35. The molecule has 0 unspecified atom stereocenters. The first-order valence-electron chi connectivity index (χ1n) is 27.4. The summed E-state index contributed by atoms with van der Waals surface area (Å²) in [6.07, 6.45) is 1.95. The first-order chi connectivity index (χ1) is 36.2. The Morgan fingerprint density at radius 2 is 1.00 bits per heavy atom. The third-order valence-corrected chi connectivity index (χ3v) is 15.7. The molecule has 0 bridgehead atoms. The molecule has 0 saturated carbocycles. The van der Waals surface area contributed by atoms with Gasteiger partial charge in [-0.15, -0.1) is 53.8 Å². The van der Waals surface area contributed by atoms with Crippen molar-refractivity contribution in [3.8, 4) is 28.4 Å². The van der Waals surface area contributed by atoms with Gasteiger partial charge in [-0.3, -0.25) is 0 Å². The average Bonchev–Trinajstić information content (AvgIpc) is 4.18. The van der Waals surface area contributed by atoms with E-state index in [1.165, 1.54) is 50.3 Å². The Morgan fingerprint density at radius 3 is 1.59 bits per heavy atom. The summed E-state index contributed by atoms with van der Waals surface area (Å²) in [6, 6.07) is 67.0. The molecule has 78 heavy (non-hydrogen) atoms. The SMILES string of the molecule is CC(C)(C)C1=C(C(C)(C)C)N(c2cc(-c3ccccc3)cc(C(C)(C)C)c2)[CH-]N1c1[c-]c(Oc2[c-]c3c(c(C(C)(C)C)c2)c2ccccc2n3-c2cc(C(C)(C)c3ccccc3)ccn2)cc(C(C)(C)c2ccccc2)c1.[Pt]. The zero-order chi connectivity index (χ0) is 55.0. The molecule has 404 valence electrons. The molecule has 1 aliphatic rings. The number of nitrogens with zero attached hydrogens (tertiary/aromatic N) is 4. The molecule has 0 fully saturated rings. The molecule has 0 spiro atoms. The molecule has 10 rings (SSSR count). The third kappa shape index (κ3) is 10.6. The van der Waals surface area contributed by atoms with Crippen molar-refractivity contribution in [3.63, 3.8) is 0 Å². The number of aromatic nitrogens is 2. The molecule has 0 N–H and O–H groups in total. The fraction of sp³-hybridized carbons (Fsp3) is 0.306. The van der Waals surface area contributed by atoms with Crippen molar-refractivity contribution in [2.75, 3.05) is 9.80 Å². The van der Waals surface area contributed by atoms with Gasteiger partial charge < -0.3 is 19.1 Å². The number of ether oxygens (including phenoxy) is 1. The number of rotatable bonds is 10. The summed E-state index contributed by atoms with van der Waals surface area (Å²) in [6.45, 7) is 39.3. The maximum atomic E-state index is 7.35. The first-order valence-corrected chi connectivity index (χ1v) is 27.4. The minimum absolute atomic E-state index is 0. The van der Waals surface area contributed by atoms with E-state index in [0.29, 0.717) is 11.5 Å². The van der Waals surface area contributed by atoms with Crippen molar-refractivity contribution in [1.82, 2.24) is 9.55 Å². The second kappa shape index (κ2) is 20.5. The van der Waals surface area contributed by atoms with E-state index in [4.69, 9.17) is 9.72 Å². The van der Waals surface area contributed by atoms with Crippen LogP contribution in [0.3, 0.4) is 0 Å². The molecule has 7 aromatic carbocycles. The van der Waals surface area contributed by atoms with E-state index in [1.54, 1.807) is 0 Å². The van der Waals surface area contributed by atoms with E-state index >= 15 is 0 Å². The Labute approximate surface area is 480 Å². The normalized spacial score (nSPS) is 13.9. The van der Waals surface area contributed by atoms with Gasteiger partial charge in [-0.1, -0.05) is 237 Å². The summed E-state index contributed by atoms with van der Waals surface area (Å²) in [5.74, 6) is 2.06. The van der Waals surface area contributed by atoms with Gasteiger partial charge in [0, 0.05) is 77.6 Å². The van der Waals surface area contributed by atoms with Crippen molar-refractivity contribution >= 4 is 33.2 Å². The molecule has 3 heterocycles. The Bertz CT molecular complexity index is 3670. The Kier molecular flexibility index (Phi) is 14.7. The van der Waals surface area contributed by atoms with Crippen LogP contribution in [0.5, 0.6) is 11.5 Å². The molecule has 0 amide bonds. The number of hydrogen-bond acceptors (Lipinski definition) is 4. The Morgan fingerprint density at radius 1 is 0.449 bits per heavy atom. The van der Waals surface area contributed by atoms with E-state index in [9.17, 15) is 0 Å². The van der Waals surface area contributed by atoms with Crippen LogP contribution in [0.25, 0.3) is 38.8 Å². The molecule has 9 aromatic rings. The number of para-hydroxylation sites is 1. The standard InChI is InChI=1S/C72H77N4O.Pt/c1-67(2,3)53-38-49(48-28-20-17-21-29-48)39-55(40-53)74-47-75(66(70(10,11)12)65(74)69(7,8)9)56-41-54(72(15,16)51-32-24-19-25-33-51)42-57(44-56)77-58-45-60(68(4,5)6)64-59-34-26-27-35-61(59)76(62(64)46-58)63-43-52(36-37-73-63)71(13,14)50-30-22-18-23-31-50;/h17-43,45,47H,1-16H3;/q-3;. The predicted octanol–water partition coefficient (Wildman–Crippen LogP) is 19.2. The van der Waals surface area contributed by atoms with Crippen LogP contribution in [-0.4, -0.2) is 9.55 Å². The van der Waals surface area contributed by atoms with Gasteiger partial charge in [0.05, 0.1) is 0 Å². The van der Waals surface area contributed by atoms with Crippen LogP contribution >= 0.6 is 0 Å². The molecule has 0 radical (unpaired) electrons. The van der Waals surface area contributed by atoms with Gasteiger partial charge in [0.2, 0.25) is 0 Å². The van der Waals surface area contributed by atoms with Gasteiger partial charge in [-0.25, -0.2) is 4.98 Å². The molecule has 0 atom stereocenters. The molecule has 0 saturated heterocycles. The van der Waals surface area contributed by atoms with E-state index in [0.717, 1.165) is 44.6 Å². The predicted molar refractivity (Wildman–Crippen MR) is 324 cm³/mol. The van der Waals surface area contributed by atoms with Gasteiger partial charge in [-0.2, -0.15) is 0 Å².